The molecule has 1 aromatic heterocycles. The van der Waals surface area contributed by atoms with Gasteiger partial charge in [0.05, 0.1) is 0 Å². The Morgan fingerprint density at radius 3 is 2.43 bits per heavy atom. The first kappa shape index (κ1) is 7.29. The van der Waals surface area contributed by atoms with Crippen molar-refractivity contribution in [1.82, 2.24) is 20.6 Å². The third-order valence-electron chi connectivity index (χ3n) is 0.354. The van der Waals surface area contributed by atoms with E-state index in [2.05, 4.69) is 32.8 Å². The molecule has 0 saturated carbocycles. The van der Waals surface area contributed by atoms with E-state index in [-0.39, 0.29) is 29.6 Å². The van der Waals surface area contributed by atoms with Crippen LogP contribution in [0.1, 0.15) is 0 Å². The molecule has 0 bridgehead atoms. The summed E-state index contributed by atoms with van der Waals surface area (Å²) in [7, 11) is 0. The molecule has 7 heavy (non-hydrogen) atoms. The summed E-state index contributed by atoms with van der Waals surface area (Å²) in [6.07, 6.45) is 0. The fraction of sp³-hybridized carbons (Fsp3) is 0. The topological polar surface area (TPSA) is 57.4 Å². The molecule has 0 aromatic carbocycles. The van der Waals surface area contributed by atoms with Crippen LogP contribution in [0.25, 0.3) is 0 Å². The molecule has 0 unspecified atom stereocenters. The van der Waals surface area contributed by atoms with Gasteiger partial charge in [0.2, 0.25) is 4.77 Å². The minimum atomic E-state index is 0. The van der Waals surface area contributed by atoms with Gasteiger partial charge in [-0.1, -0.05) is 10.3 Å². The maximum absolute atomic E-state index is 4.48. The van der Waals surface area contributed by atoms with Gasteiger partial charge >= 0.3 is 29.6 Å². The van der Waals surface area contributed by atoms with Gasteiger partial charge in [-0.15, -0.1) is 0 Å². The summed E-state index contributed by atoms with van der Waals surface area (Å²) in [4.78, 5) is 0. The second kappa shape index (κ2) is 3.31. The fourth-order valence-corrected chi connectivity index (χ4v) is 0.255. The summed E-state index contributed by atoms with van der Waals surface area (Å²) in [5.41, 5.74) is 0. The van der Waals surface area contributed by atoms with Crippen molar-refractivity contribution in [3.05, 3.63) is 4.77 Å². The van der Waals surface area contributed by atoms with Gasteiger partial charge in [0.25, 0.3) is 0 Å². The molecule has 32 valence electrons. The summed E-state index contributed by atoms with van der Waals surface area (Å²) in [6.45, 7) is 0. The van der Waals surface area contributed by atoms with Crippen LogP contribution in [-0.2, 0) is 0 Å². The van der Waals surface area contributed by atoms with Crippen LogP contribution in [0.15, 0.2) is 0 Å². The van der Waals surface area contributed by atoms with Crippen molar-refractivity contribution in [1.29, 1.82) is 0 Å². The number of nitrogens with zero attached hydrogens (tertiary/aromatic N) is 2. The van der Waals surface area contributed by atoms with E-state index < -0.39 is 0 Å². The van der Waals surface area contributed by atoms with E-state index in [0.29, 0.717) is 4.77 Å². The average Bonchev–Trinajstić information content (AvgIpc) is 1.86. The second-order valence-electron chi connectivity index (χ2n) is 0.742. The Balaban J connectivity index is 0.000000360. The number of hydrogen-bond donors (Lipinski definition) is 2. The predicted octanol–water partition coefficient (Wildman–Crippen LogP) is -3.13. The van der Waals surface area contributed by atoms with Crippen molar-refractivity contribution in [2.45, 2.75) is 0 Å². The first-order chi connectivity index (χ1) is 2.89. The molecular formula is CH2N4NaS+. The normalized spacial score (nSPS) is 7.43. The number of hydrogen-bond acceptors (Lipinski definition) is 3. The zero-order valence-corrected chi connectivity index (χ0v) is 6.62. The molecular weight excluding hydrogens is 123 g/mol. The minimum absolute atomic E-state index is 0. The molecule has 0 saturated heterocycles. The molecule has 1 rings (SSSR count). The van der Waals surface area contributed by atoms with Crippen LogP contribution >= 0.6 is 12.2 Å². The minimum Gasteiger partial charge on any atom is -0.256 e. The van der Waals surface area contributed by atoms with Crippen LogP contribution in [0.5, 0.6) is 0 Å². The first-order valence-corrected chi connectivity index (χ1v) is 1.76. The van der Waals surface area contributed by atoms with Crippen molar-refractivity contribution in [3.8, 4) is 0 Å². The number of nitrogens with one attached hydrogen (secondary N) is 2. The molecule has 0 atom stereocenters. The molecule has 4 nitrogen and oxygen atoms in total. The third-order valence-corrected chi connectivity index (χ3v) is 0.537. The number of H-pyrrole nitrogens is 2. The molecule has 0 fully saturated rings. The van der Waals surface area contributed by atoms with Crippen molar-refractivity contribution >= 4 is 12.2 Å². The Bertz CT molecular complexity index is 149. The van der Waals surface area contributed by atoms with Crippen LogP contribution < -0.4 is 29.6 Å². The van der Waals surface area contributed by atoms with E-state index in [4.69, 9.17) is 0 Å². The molecule has 0 spiro atoms. The van der Waals surface area contributed by atoms with E-state index in [1.807, 2.05) is 0 Å². The zero-order chi connectivity index (χ0) is 4.41. The number of tetrazole rings is 1. The standard InChI is InChI=1S/CH2N4S.Na/c6-1-2-4-5-3-1;/h(H2,2,3,4,5,6);/q;+1. The Hall–Kier alpha value is 0.290. The summed E-state index contributed by atoms with van der Waals surface area (Å²) in [5, 5.41) is 11.5. The third kappa shape index (κ3) is 2.18. The Labute approximate surface area is 67.0 Å². The van der Waals surface area contributed by atoms with E-state index in [1.54, 1.807) is 0 Å². The second-order valence-corrected chi connectivity index (χ2v) is 1.13. The Morgan fingerprint density at radius 1 is 1.57 bits per heavy atom. The summed E-state index contributed by atoms with van der Waals surface area (Å²) in [5.74, 6) is 0. The first-order valence-electron chi connectivity index (χ1n) is 1.35. The van der Waals surface area contributed by atoms with Gasteiger partial charge in [0, 0.05) is 0 Å². The van der Waals surface area contributed by atoms with Crippen LogP contribution in [0.4, 0.5) is 0 Å². The number of aromatic amines is 2. The summed E-state index contributed by atoms with van der Waals surface area (Å²) in [6, 6.07) is 0. The Morgan fingerprint density at radius 2 is 2.29 bits per heavy atom. The summed E-state index contributed by atoms with van der Waals surface area (Å²) < 4.78 is 0.384. The molecule has 0 aliphatic rings. The van der Waals surface area contributed by atoms with Gasteiger partial charge in [-0.3, -0.25) is 5.10 Å². The van der Waals surface area contributed by atoms with Crippen molar-refractivity contribution < 1.29 is 29.6 Å². The van der Waals surface area contributed by atoms with Gasteiger partial charge in [-0.05, 0) is 12.2 Å². The monoisotopic (exact) mass is 125 g/mol. The maximum atomic E-state index is 4.48. The van der Waals surface area contributed by atoms with Crippen LogP contribution in [0, 0.1) is 4.77 Å². The number of rotatable bonds is 0. The quantitative estimate of drug-likeness (QED) is 0.285. The molecule has 2 N–H and O–H groups in total. The molecule has 0 radical (unpaired) electrons. The molecule has 0 aliphatic heterocycles. The van der Waals surface area contributed by atoms with Crippen LogP contribution in [0.2, 0.25) is 0 Å². The zero-order valence-electron chi connectivity index (χ0n) is 3.80. The summed E-state index contributed by atoms with van der Waals surface area (Å²) >= 11 is 4.48. The van der Waals surface area contributed by atoms with E-state index in [0.717, 1.165) is 0 Å². The average molecular weight is 125 g/mol. The molecule has 0 aliphatic carbocycles. The van der Waals surface area contributed by atoms with Crippen molar-refractivity contribution in [3.63, 3.8) is 0 Å². The van der Waals surface area contributed by atoms with E-state index in [9.17, 15) is 0 Å². The molecule has 0 amide bonds. The molecule has 1 heterocycles. The predicted molar refractivity (Wildman–Crippen MR) is 21.6 cm³/mol. The van der Waals surface area contributed by atoms with Gasteiger partial charge < -0.3 is 0 Å². The smallest absolute Gasteiger partial charge is 0.256 e. The van der Waals surface area contributed by atoms with E-state index in [1.165, 1.54) is 0 Å². The maximum Gasteiger partial charge on any atom is 1.00 e. The van der Waals surface area contributed by atoms with Crippen LogP contribution in [-0.4, -0.2) is 20.6 Å². The van der Waals surface area contributed by atoms with Gasteiger partial charge in [-0.25, -0.2) is 0 Å². The fourth-order valence-electron chi connectivity index (χ4n) is 0.168. The van der Waals surface area contributed by atoms with Gasteiger partial charge in [0.15, 0.2) is 0 Å². The van der Waals surface area contributed by atoms with Crippen LogP contribution in [0.3, 0.4) is 0 Å². The van der Waals surface area contributed by atoms with Crippen molar-refractivity contribution in [2.75, 3.05) is 0 Å². The molecule has 6 heteroatoms. The van der Waals surface area contributed by atoms with Crippen molar-refractivity contribution in [2.24, 2.45) is 0 Å². The Kier molecular flexibility index (Phi) is 3.45. The SMILES string of the molecule is S=c1nn[nH][nH]1.[Na+]. The molecule has 1 aromatic rings. The number of aromatic nitrogens is 4. The van der Waals surface area contributed by atoms with Gasteiger partial charge in [0.1, 0.15) is 0 Å². The van der Waals surface area contributed by atoms with Gasteiger partial charge in [-0.2, -0.15) is 5.21 Å². The van der Waals surface area contributed by atoms with E-state index >= 15 is 0 Å². The largest absolute Gasteiger partial charge is 1.00 e.